The molecule has 0 bridgehead atoms. The van der Waals surface area contributed by atoms with E-state index in [1.807, 2.05) is 65.0 Å². The summed E-state index contributed by atoms with van der Waals surface area (Å²) in [5.41, 5.74) is 1.22. The second-order valence-corrected chi connectivity index (χ2v) is 10.2. The van der Waals surface area contributed by atoms with Gasteiger partial charge < -0.3 is 15.0 Å². The van der Waals surface area contributed by atoms with Gasteiger partial charge in [-0.2, -0.15) is 5.10 Å². The number of hydrogen-bond acceptors (Lipinski definition) is 6. The number of nitrogens with one attached hydrogen (secondary N) is 1. The summed E-state index contributed by atoms with van der Waals surface area (Å²) < 4.78 is 6.89. The quantitative estimate of drug-likeness (QED) is 0.327. The lowest BCUT2D eigenvalue weighted by Gasteiger charge is -2.24. The molecule has 0 aliphatic rings. The summed E-state index contributed by atoms with van der Waals surface area (Å²) in [6.45, 7) is 10.0. The van der Waals surface area contributed by atoms with Gasteiger partial charge in [0.2, 0.25) is 5.91 Å². The molecule has 1 N–H and O–H groups in total. The molecule has 0 fully saturated rings. The number of nitro benzene ring substituents is 1. The minimum Gasteiger partial charge on any atom is -0.497 e. The number of aromatic nitrogens is 2. The molecule has 3 rings (SSSR count). The maximum atomic E-state index is 13.2. The normalized spacial score (nSPS) is 11.3. The molecule has 0 aliphatic carbocycles. The van der Waals surface area contributed by atoms with Crippen LogP contribution in [0.3, 0.4) is 0 Å². The molecule has 3 aromatic rings. The van der Waals surface area contributed by atoms with Gasteiger partial charge in [-0.1, -0.05) is 40.7 Å². The fourth-order valence-corrected chi connectivity index (χ4v) is 3.71. The predicted molar refractivity (Wildman–Crippen MR) is 141 cm³/mol. The molecule has 0 unspecified atom stereocenters. The average molecular weight is 508 g/mol. The summed E-state index contributed by atoms with van der Waals surface area (Å²) in [6, 6.07) is 14.6. The Balaban J connectivity index is 1.88. The van der Waals surface area contributed by atoms with Gasteiger partial charge >= 0.3 is 0 Å². The predicted octanol–water partition coefficient (Wildman–Crippen LogP) is 4.82. The highest BCUT2D eigenvalue weighted by molar-refractivity contribution is 5.99. The van der Waals surface area contributed by atoms with Crippen molar-refractivity contribution in [2.75, 3.05) is 25.5 Å². The van der Waals surface area contributed by atoms with Crippen LogP contribution in [0.1, 0.15) is 50.7 Å². The largest absolute Gasteiger partial charge is 0.497 e. The molecule has 2 aromatic carbocycles. The molecule has 2 amide bonds. The van der Waals surface area contributed by atoms with E-state index in [9.17, 15) is 19.7 Å². The highest BCUT2D eigenvalue weighted by atomic mass is 16.6. The van der Waals surface area contributed by atoms with Gasteiger partial charge in [0.15, 0.2) is 0 Å². The minimum atomic E-state index is -0.552. The summed E-state index contributed by atoms with van der Waals surface area (Å²) in [5, 5.41) is 18.8. The number of hydrogen-bond donors (Lipinski definition) is 1. The van der Waals surface area contributed by atoms with E-state index >= 15 is 0 Å². The molecule has 10 nitrogen and oxygen atoms in total. The highest BCUT2D eigenvalue weighted by Crippen LogP contribution is 2.27. The van der Waals surface area contributed by atoms with E-state index in [0.29, 0.717) is 18.1 Å². The lowest BCUT2D eigenvalue weighted by molar-refractivity contribution is -0.384. The zero-order chi connectivity index (χ0) is 27.3. The number of benzene rings is 2. The van der Waals surface area contributed by atoms with Crippen LogP contribution in [0.15, 0.2) is 54.6 Å². The number of nitro groups is 1. The Hall–Kier alpha value is -4.21. The van der Waals surface area contributed by atoms with Crippen molar-refractivity contribution in [2.45, 2.75) is 40.0 Å². The van der Waals surface area contributed by atoms with Crippen LogP contribution in [0.25, 0.3) is 5.69 Å². The summed E-state index contributed by atoms with van der Waals surface area (Å²) >= 11 is 0. The first-order chi connectivity index (χ1) is 17.4. The number of nitrogens with zero attached hydrogens (tertiary/aromatic N) is 4. The first-order valence-corrected chi connectivity index (χ1v) is 12.0. The second kappa shape index (κ2) is 11.2. The van der Waals surface area contributed by atoms with Crippen LogP contribution in [-0.4, -0.2) is 51.6 Å². The van der Waals surface area contributed by atoms with Gasteiger partial charge in [0, 0.05) is 35.7 Å². The molecule has 0 spiro atoms. The lowest BCUT2D eigenvalue weighted by Crippen LogP contribution is -2.40. The molecule has 0 radical (unpaired) electrons. The van der Waals surface area contributed by atoms with Crippen molar-refractivity contribution in [3.63, 3.8) is 0 Å². The molecule has 10 heteroatoms. The van der Waals surface area contributed by atoms with E-state index in [1.54, 1.807) is 11.8 Å². The van der Waals surface area contributed by atoms with Crippen LogP contribution in [0.5, 0.6) is 5.75 Å². The van der Waals surface area contributed by atoms with E-state index in [4.69, 9.17) is 9.84 Å². The summed E-state index contributed by atoms with van der Waals surface area (Å²) in [4.78, 5) is 38.4. The Morgan fingerprint density at radius 3 is 2.38 bits per heavy atom. The van der Waals surface area contributed by atoms with Gasteiger partial charge in [-0.25, -0.2) is 4.68 Å². The van der Waals surface area contributed by atoms with Gasteiger partial charge in [0.1, 0.15) is 18.1 Å². The molecule has 0 aliphatic heterocycles. The first kappa shape index (κ1) is 27.4. The molecule has 196 valence electrons. The van der Waals surface area contributed by atoms with Crippen LogP contribution >= 0.6 is 0 Å². The SMILES string of the molecule is COc1ccc(-n2nc(C(C)(C)C)cc2NC(=O)CN(CC(C)C)C(=O)c2cccc([N+](=O)[O-])c2)cc1. The molecule has 1 aromatic heterocycles. The molecule has 0 saturated carbocycles. The number of anilines is 1. The fourth-order valence-electron chi connectivity index (χ4n) is 3.71. The minimum absolute atomic E-state index is 0.0766. The van der Waals surface area contributed by atoms with Crippen LogP contribution < -0.4 is 10.1 Å². The number of carbonyl (C=O) groups excluding carboxylic acids is 2. The van der Waals surface area contributed by atoms with Crippen LogP contribution in [-0.2, 0) is 10.2 Å². The maximum absolute atomic E-state index is 13.2. The number of amides is 2. The van der Waals surface area contributed by atoms with Crippen LogP contribution in [0.4, 0.5) is 11.5 Å². The average Bonchev–Trinajstić information content (AvgIpc) is 3.27. The second-order valence-electron chi connectivity index (χ2n) is 10.2. The first-order valence-electron chi connectivity index (χ1n) is 12.0. The van der Waals surface area contributed by atoms with Crippen molar-refractivity contribution in [1.29, 1.82) is 0 Å². The number of rotatable bonds is 9. The Labute approximate surface area is 216 Å². The van der Waals surface area contributed by atoms with Crippen molar-refractivity contribution in [3.8, 4) is 11.4 Å². The molecule has 37 heavy (non-hydrogen) atoms. The third-order valence-electron chi connectivity index (χ3n) is 5.57. The van der Waals surface area contributed by atoms with Crippen molar-refractivity contribution < 1.29 is 19.2 Å². The van der Waals surface area contributed by atoms with Crippen LogP contribution in [0.2, 0.25) is 0 Å². The third kappa shape index (κ3) is 6.93. The number of methoxy groups -OCH3 is 1. The van der Waals surface area contributed by atoms with Gasteiger partial charge in [0.05, 0.1) is 23.4 Å². The summed E-state index contributed by atoms with van der Waals surface area (Å²) in [6.07, 6.45) is 0. The van der Waals surface area contributed by atoms with Gasteiger partial charge in [-0.3, -0.25) is 19.7 Å². The van der Waals surface area contributed by atoms with Gasteiger partial charge in [0.25, 0.3) is 11.6 Å². The highest BCUT2D eigenvalue weighted by Gasteiger charge is 2.24. The molecule has 0 atom stereocenters. The van der Waals surface area contributed by atoms with E-state index in [-0.39, 0.29) is 29.1 Å². The zero-order valence-corrected chi connectivity index (χ0v) is 22.0. The van der Waals surface area contributed by atoms with Crippen molar-refractivity contribution in [3.05, 3.63) is 76.0 Å². The summed E-state index contributed by atoms with van der Waals surface area (Å²) in [7, 11) is 1.59. The Morgan fingerprint density at radius 2 is 1.81 bits per heavy atom. The number of ether oxygens (including phenoxy) is 1. The van der Waals surface area contributed by atoms with Crippen molar-refractivity contribution >= 4 is 23.3 Å². The van der Waals surface area contributed by atoms with Gasteiger partial charge in [-0.15, -0.1) is 0 Å². The number of non-ortho nitro benzene ring substituents is 1. The lowest BCUT2D eigenvalue weighted by atomic mass is 9.92. The Kier molecular flexibility index (Phi) is 8.31. The molecule has 1 heterocycles. The molecular weight excluding hydrogens is 474 g/mol. The van der Waals surface area contributed by atoms with E-state index in [1.165, 1.54) is 29.2 Å². The Bertz CT molecular complexity index is 1280. The third-order valence-corrected chi connectivity index (χ3v) is 5.57. The smallest absolute Gasteiger partial charge is 0.270 e. The zero-order valence-electron chi connectivity index (χ0n) is 22.0. The maximum Gasteiger partial charge on any atom is 0.270 e. The monoisotopic (exact) mass is 507 g/mol. The van der Waals surface area contributed by atoms with E-state index in [0.717, 1.165) is 11.4 Å². The van der Waals surface area contributed by atoms with Crippen molar-refractivity contribution in [1.82, 2.24) is 14.7 Å². The molecule has 0 saturated heterocycles. The van der Waals surface area contributed by atoms with Crippen molar-refractivity contribution in [2.24, 2.45) is 5.92 Å². The van der Waals surface area contributed by atoms with Gasteiger partial charge in [-0.05, 0) is 36.2 Å². The van der Waals surface area contributed by atoms with Crippen LogP contribution in [0, 0.1) is 16.0 Å². The standard InChI is InChI=1S/C27H33N5O5/c1-18(2)16-30(26(34)19-8-7-9-21(14-19)32(35)36)17-25(33)28-24-15-23(27(3,4)5)29-31(24)20-10-12-22(37-6)13-11-20/h7-15,18H,16-17H2,1-6H3,(H,28,33). The molecular formula is C27H33N5O5. The van der Waals surface area contributed by atoms with E-state index < -0.39 is 16.7 Å². The fraction of sp³-hybridized carbons (Fsp3) is 0.370. The summed E-state index contributed by atoms with van der Waals surface area (Å²) in [5.74, 6) is 0.378. The van der Waals surface area contributed by atoms with E-state index in [2.05, 4.69) is 5.32 Å². The number of carbonyl (C=O) groups is 2. The Morgan fingerprint density at radius 1 is 1.14 bits per heavy atom. The topological polar surface area (TPSA) is 120 Å².